The van der Waals surface area contributed by atoms with Gasteiger partial charge in [0.15, 0.2) is 0 Å². The molecule has 1 N–H and O–H groups in total. The molecule has 2 aliphatic heterocycles. The first kappa shape index (κ1) is 20.5. The largest absolute Gasteiger partial charge is 0.367 e. The highest BCUT2D eigenvalue weighted by molar-refractivity contribution is 5.95. The van der Waals surface area contributed by atoms with Crippen LogP contribution in [0.25, 0.3) is 11.1 Å². The Morgan fingerprint density at radius 2 is 1.69 bits per heavy atom. The van der Waals surface area contributed by atoms with E-state index < -0.39 is 0 Å². The molecule has 32 heavy (non-hydrogen) atoms. The second kappa shape index (κ2) is 9.01. The maximum Gasteiger partial charge on any atom is 0.253 e. The van der Waals surface area contributed by atoms with Crippen LogP contribution in [0.1, 0.15) is 15.9 Å². The van der Waals surface area contributed by atoms with E-state index in [-0.39, 0.29) is 5.91 Å². The number of hydrogen-bond donors (Lipinski definition) is 1. The van der Waals surface area contributed by atoms with Crippen LogP contribution in [-0.4, -0.2) is 67.0 Å². The van der Waals surface area contributed by atoms with E-state index in [1.165, 1.54) is 5.56 Å². The number of carbonyl (C=O) groups excluding carboxylic acids is 1. The zero-order valence-corrected chi connectivity index (χ0v) is 18.5. The van der Waals surface area contributed by atoms with Crippen LogP contribution in [0.2, 0.25) is 0 Å². The molecule has 0 unspecified atom stereocenters. The smallest absolute Gasteiger partial charge is 0.253 e. The Hall–Kier alpha value is -3.38. The number of amides is 1. The van der Waals surface area contributed by atoms with E-state index in [1.807, 2.05) is 41.4 Å². The number of likely N-dealkylation sites (N-methyl/N-ethyl adjacent to an activating group) is 1. The monoisotopic (exact) mass is 427 g/mol. The van der Waals surface area contributed by atoms with E-state index in [2.05, 4.69) is 52.5 Å². The van der Waals surface area contributed by atoms with Gasteiger partial charge in [0.2, 0.25) is 0 Å². The lowest BCUT2D eigenvalue weighted by atomic mass is 10.0. The quantitative estimate of drug-likeness (QED) is 0.690. The van der Waals surface area contributed by atoms with Crippen LogP contribution in [-0.2, 0) is 6.54 Å². The van der Waals surface area contributed by atoms with Crippen molar-refractivity contribution in [3.63, 3.8) is 0 Å². The van der Waals surface area contributed by atoms with Crippen LogP contribution < -0.4 is 10.2 Å². The third-order valence-corrected chi connectivity index (χ3v) is 6.35. The highest BCUT2D eigenvalue weighted by Gasteiger charge is 2.21. The molecule has 6 heteroatoms. The fraction of sp³-hybridized carbons (Fsp3) is 0.308. The van der Waals surface area contributed by atoms with Crippen LogP contribution in [0.5, 0.6) is 0 Å². The minimum Gasteiger partial charge on any atom is -0.367 e. The Kier molecular flexibility index (Phi) is 5.77. The van der Waals surface area contributed by atoms with Gasteiger partial charge in [0.1, 0.15) is 5.82 Å². The molecular weight excluding hydrogens is 398 g/mol. The summed E-state index contributed by atoms with van der Waals surface area (Å²) in [5.74, 6) is 1.05. The van der Waals surface area contributed by atoms with Crippen molar-refractivity contribution in [2.75, 3.05) is 56.5 Å². The van der Waals surface area contributed by atoms with E-state index in [1.54, 1.807) is 0 Å². The Balaban J connectivity index is 1.35. The molecule has 3 aromatic rings. The van der Waals surface area contributed by atoms with Crippen LogP contribution in [0.15, 0.2) is 66.9 Å². The number of carbonyl (C=O) groups is 1. The Bertz CT molecular complexity index is 1080. The molecule has 2 aromatic carbocycles. The van der Waals surface area contributed by atoms with Crippen LogP contribution in [0.3, 0.4) is 0 Å². The predicted octanol–water partition coefficient (Wildman–Crippen LogP) is 3.57. The van der Waals surface area contributed by atoms with Gasteiger partial charge < -0.3 is 20.0 Å². The molecule has 0 saturated carbocycles. The summed E-state index contributed by atoms with van der Waals surface area (Å²) in [5, 5.41) is 3.41. The number of hydrogen-bond acceptors (Lipinski definition) is 5. The summed E-state index contributed by atoms with van der Waals surface area (Å²) >= 11 is 0. The molecule has 0 aliphatic carbocycles. The fourth-order valence-electron chi connectivity index (χ4n) is 4.38. The van der Waals surface area contributed by atoms with E-state index in [0.717, 1.165) is 74.0 Å². The van der Waals surface area contributed by atoms with Gasteiger partial charge in [-0.3, -0.25) is 4.79 Å². The summed E-state index contributed by atoms with van der Waals surface area (Å²) in [4.78, 5) is 24.1. The van der Waals surface area contributed by atoms with Gasteiger partial charge in [-0.15, -0.1) is 0 Å². The molecule has 1 aromatic heterocycles. The van der Waals surface area contributed by atoms with E-state index in [0.29, 0.717) is 0 Å². The number of benzene rings is 2. The average Bonchev–Trinajstić information content (AvgIpc) is 2.85. The van der Waals surface area contributed by atoms with Crippen molar-refractivity contribution in [1.82, 2.24) is 14.8 Å². The van der Waals surface area contributed by atoms with Crippen molar-refractivity contribution < 1.29 is 4.79 Å². The summed E-state index contributed by atoms with van der Waals surface area (Å²) < 4.78 is 0. The number of fused-ring (bicyclic) bond motifs is 1. The van der Waals surface area contributed by atoms with Crippen molar-refractivity contribution >= 4 is 17.4 Å². The van der Waals surface area contributed by atoms with Gasteiger partial charge >= 0.3 is 0 Å². The Morgan fingerprint density at radius 1 is 0.938 bits per heavy atom. The van der Waals surface area contributed by atoms with Gasteiger partial charge in [0.05, 0.1) is 5.69 Å². The van der Waals surface area contributed by atoms with E-state index in [9.17, 15) is 4.79 Å². The molecule has 2 aliphatic rings. The lowest BCUT2D eigenvalue weighted by Gasteiger charge is -2.32. The standard InChI is InChI=1S/C26H29N5O/c1-29-13-15-30(16-14-29)26(32)22-9-7-21(8-10-22)23-17-24-25(28-18-23)27-11-12-31(24)19-20-5-3-2-4-6-20/h2-10,17-18H,11-16,19H2,1H3,(H,27,28). The molecular formula is C26H29N5O. The fourth-order valence-corrected chi connectivity index (χ4v) is 4.38. The maximum atomic E-state index is 12.8. The molecule has 6 nitrogen and oxygen atoms in total. The predicted molar refractivity (Wildman–Crippen MR) is 129 cm³/mol. The number of rotatable bonds is 4. The summed E-state index contributed by atoms with van der Waals surface area (Å²) in [6, 6.07) is 20.7. The molecule has 1 fully saturated rings. The number of nitrogens with one attached hydrogen (secondary N) is 1. The first-order valence-corrected chi connectivity index (χ1v) is 11.3. The lowest BCUT2D eigenvalue weighted by molar-refractivity contribution is 0.0664. The van der Waals surface area contributed by atoms with Gasteiger partial charge in [-0.05, 0) is 36.4 Å². The van der Waals surface area contributed by atoms with Gasteiger partial charge in [0.25, 0.3) is 5.91 Å². The summed E-state index contributed by atoms with van der Waals surface area (Å²) in [6.07, 6.45) is 1.91. The first-order valence-electron chi connectivity index (χ1n) is 11.3. The third kappa shape index (κ3) is 4.32. The van der Waals surface area contributed by atoms with Crippen LogP contribution in [0, 0.1) is 0 Å². The second-order valence-electron chi connectivity index (χ2n) is 8.60. The number of pyridine rings is 1. The highest BCUT2D eigenvalue weighted by Crippen LogP contribution is 2.32. The van der Waals surface area contributed by atoms with Crippen molar-refractivity contribution in [3.05, 3.63) is 78.0 Å². The summed E-state index contributed by atoms with van der Waals surface area (Å²) in [7, 11) is 2.10. The topological polar surface area (TPSA) is 51.7 Å². The molecule has 5 rings (SSSR count). The minimum atomic E-state index is 0.117. The molecule has 1 amide bonds. The van der Waals surface area contributed by atoms with Gasteiger partial charge in [0, 0.05) is 63.1 Å². The van der Waals surface area contributed by atoms with Crippen molar-refractivity contribution in [2.45, 2.75) is 6.54 Å². The third-order valence-electron chi connectivity index (χ3n) is 6.35. The zero-order valence-electron chi connectivity index (χ0n) is 18.5. The molecule has 0 bridgehead atoms. The summed E-state index contributed by atoms with van der Waals surface area (Å²) in [5.41, 5.74) is 5.29. The van der Waals surface area contributed by atoms with Crippen molar-refractivity contribution in [2.24, 2.45) is 0 Å². The van der Waals surface area contributed by atoms with Crippen LogP contribution in [0.4, 0.5) is 11.5 Å². The Morgan fingerprint density at radius 3 is 2.44 bits per heavy atom. The van der Waals surface area contributed by atoms with Crippen molar-refractivity contribution in [3.8, 4) is 11.1 Å². The normalized spacial score (nSPS) is 16.4. The molecule has 0 radical (unpaired) electrons. The number of anilines is 2. The minimum absolute atomic E-state index is 0.117. The highest BCUT2D eigenvalue weighted by atomic mass is 16.2. The number of aromatic nitrogens is 1. The molecule has 1 saturated heterocycles. The lowest BCUT2D eigenvalue weighted by Crippen LogP contribution is -2.47. The molecule has 0 atom stereocenters. The van der Waals surface area contributed by atoms with Crippen LogP contribution >= 0.6 is 0 Å². The second-order valence-corrected chi connectivity index (χ2v) is 8.60. The molecule has 164 valence electrons. The number of piperazine rings is 1. The Labute approximate surface area is 189 Å². The molecule has 3 heterocycles. The zero-order chi connectivity index (χ0) is 21.9. The first-order chi connectivity index (χ1) is 15.7. The number of nitrogens with zero attached hydrogens (tertiary/aromatic N) is 4. The van der Waals surface area contributed by atoms with Gasteiger partial charge in [-0.1, -0.05) is 42.5 Å². The van der Waals surface area contributed by atoms with Gasteiger partial charge in [-0.25, -0.2) is 4.98 Å². The maximum absolute atomic E-state index is 12.8. The van der Waals surface area contributed by atoms with E-state index in [4.69, 9.17) is 4.98 Å². The molecule has 0 spiro atoms. The SMILES string of the molecule is CN1CCN(C(=O)c2ccc(-c3cnc4c(c3)N(Cc3ccccc3)CCN4)cc2)CC1. The van der Waals surface area contributed by atoms with Crippen molar-refractivity contribution in [1.29, 1.82) is 0 Å². The average molecular weight is 428 g/mol. The van der Waals surface area contributed by atoms with E-state index >= 15 is 0 Å². The summed E-state index contributed by atoms with van der Waals surface area (Å²) in [6.45, 7) is 6.11. The van der Waals surface area contributed by atoms with Gasteiger partial charge in [-0.2, -0.15) is 0 Å².